The number of allylic oxidation sites excluding steroid dienone is 4. The maximum Gasteiger partial charge on any atom is 0.433 e. The van der Waals surface area contributed by atoms with Crippen LogP contribution in [0.2, 0.25) is 0 Å². The largest absolute Gasteiger partial charge is 0.466 e. The average molecular weight is 406 g/mol. The molecule has 0 spiro atoms. The van der Waals surface area contributed by atoms with Gasteiger partial charge < -0.3 is 9.64 Å². The van der Waals surface area contributed by atoms with Crippen LogP contribution in [0.15, 0.2) is 54.4 Å². The minimum absolute atomic E-state index is 0.110. The van der Waals surface area contributed by atoms with Gasteiger partial charge in [-0.15, -0.1) is 0 Å². The SMILES string of the molecule is O=C(N1C=COC(CC2=CC=CCC2)=C1)N1CCC(c2cn[nH]c2C(F)(F)F)C1. The molecule has 29 heavy (non-hydrogen) atoms. The van der Waals surface area contributed by atoms with E-state index in [0.717, 1.165) is 12.8 Å². The molecule has 1 aromatic rings. The van der Waals surface area contributed by atoms with E-state index in [1.165, 1.54) is 29.1 Å². The molecule has 3 aliphatic rings. The van der Waals surface area contributed by atoms with Crippen molar-refractivity contribution in [1.29, 1.82) is 0 Å². The van der Waals surface area contributed by atoms with Crippen LogP contribution in [0.4, 0.5) is 18.0 Å². The standard InChI is InChI=1S/C20H21F3N4O2/c21-20(22,23)18-17(11-24-25-18)15-6-7-26(12-15)19(28)27-8-9-29-16(13-27)10-14-4-2-1-3-5-14/h1-2,4,8-9,11,13,15H,3,5-7,10,12H2,(H,24,25). The number of halogens is 3. The smallest absolute Gasteiger partial charge is 0.433 e. The number of amides is 2. The van der Waals surface area contributed by atoms with Gasteiger partial charge in [0.05, 0.1) is 12.4 Å². The third kappa shape index (κ3) is 4.23. The molecule has 2 amide bonds. The minimum atomic E-state index is -4.49. The first-order valence-electron chi connectivity index (χ1n) is 9.48. The van der Waals surface area contributed by atoms with Crippen LogP contribution < -0.4 is 0 Å². The van der Waals surface area contributed by atoms with Gasteiger partial charge in [-0.3, -0.25) is 10.00 Å². The minimum Gasteiger partial charge on any atom is -0.466 e. The third-order valence-electron chi connectivity index (χ3n) is 5.30. The Morgan fingerprint density at radius 3 is 3.00 bits per heavy atom. The second kappa shape index (κ2) is 7.81. The predicted molar refractivity (Wildman–Crippen MR) is 99.1 cm³/mol. The monoisotopic (exact) mass is 406 g/mol. The van der Waals surface area contributed by atoms with Crippen LogP contribution in [0, 0.1) is 0 Å². The van der Waals surface area contributed by atoms with E-state index in [-0.39, 0.29) is 18.1 Å². The molecule has 6 nitrogen and oxygen atoms in total. The number of hydrogen-bond donors (Lipinski definition) is 1. The number of urea groups is 1. The summed E-state index contributed by atoms with van der Waals surface area (Å²) in [5.41, 5.74) is 0.501. The summed E-state index contributed by atoms with van der Waals surface area (Å²) in [4.78, 5) is 15.9. The summed E-state index contributed by atoms with van der Waals surface area (Å²) in [5, 5.41) is 5.59. The molecule has 1 aliphatic carbocycles. The summed E-state index contributed by atoms with van der Waals surface area (Å²) in [5.74, 6) is 0.259. The summed E-state index contributed by atoms with van der Waals surface area (Å²) in [6.07, 6.45) is 10.5. The van der Waals surface area contributed by atoms with Crippen molar-refractivity contribution >= 4 is 6.03 Å². The molecule has 0 aromatic carbocycles. The second-order valence-corrected chi connectivity index (χ2v) is 7.29. The van der Waals surface area contributed by atoms with Crippen molar-refractivity contribution in [2.24, 2.45) is 0 Å². The molecule has 1 N–H and O–H groups in total. The highest BCUT2D eigenvalue weighted by molar-refractivity contribution is 5.77. The Hall–Kier alpha value is -2.97. The molecule has 1 aromatic heterocycles. The Balaban J connectivity index is 1.42. The van der Waals surface area contributed by atoms with Gasteiger partial charge in [0.2, 0.25) is 0 Å². The quantitative estimate of drug-likeness (QED) is 0.795. The first kappa shape index (κ1) is 19.4. The lowest BCUT2D eigenvalue weighted by atomic mass is 9.99. The van der Waals surface area contributed by atoms with E-state index in [1.54, 1.807) is 11.1 Å². The average Bonchev–Trinajstić information content (AvgIpc) is 3.37. The topological polar surface area (TPSA) is 61.5 Å². The molecule has 154 valence electrons. The van der Waals surface area contributed by atoms with Crippen LogP contribution in [0.5, 0.6) is 0 Å². The Morgan fingerprint density at radius 2 is 2.24 bits per heavy atom. The van der Waals surface area contributed by atoms with E-state index in [4.69, 9.17) is 4.74 Å². The van der Waals surface area contributed by atoms with Gasteiger partial charge >= 0.3 is 12.2 Å². The fourth-order valence-electron chi connectivity index (χ4n) is 3.83. The number of ether oxygens (including phenoxy) is 1. The van der Waals surface area contributed by atoms with Crippen LogP contribution >= 0.6 is 0 Å². The molecule has 1 saturated heterocycles. The van der Waals surface area contributed by atoms with Crippen LogP contribution in [0.25, 0.3) is 0 Å². The lowest BCUT2D eigenvalue weighted by Crippen LogP contribution is -2.37. The highest BCUT2D eigenvalue weighted by Gasteiger charge is 2.40. The summed E-state index contributed by atoms with van der Waals surface area (Å²) in [7, 11) is 0. The van der Waals surface area contributed by atoms with E-state index in [9.17, 15) is 18.0 Å². The van der Waals surface area contributed by atoms with Gasteiger partial charge in [-0.25, -0.2) is 4.79 Å². The number of aromatic nitrogens is 2. The van der Waals surface area contributed by atoms with Gasteiger partial charge in [0.1, 0.15) is 17.7 Å². The van der Waals surface area contributed by atoms with Crippen LogP contribution in [0.3, 0.4) is 0 Å². The van der Waals surface area contributed by atoms with E-state index >= 15 is 0 Å². The van der Waals surface area contributed by atoms with Crippen molar-refractivity contribution in [1.82, 2.24) is 20.0 Å². The zero-order valence-corrected chi connectivity index (χ0v) is 15.7. The van der Waals surface area contributed by atoms with Crippen molar-refractivity contribution in [3.05, 3.63) is 65.7 Å². The van der Waals surface area contributed by atoms with E-state index in [0.29, 0.717) is 25.1 Å². The van der Waals surface area contributed by atoms with Gasteiger partial charge in [0.25, 0.3) is 0 Å². The number of nitrogens with zero attached hydrogens (tertiary/aromatic N) is 3. The molecular formula is C20H21F3N4O2. The molecule has 9 heteroatoms. The number of carbonyl (C=O) groups excluding carboxylic acids is 1. The lowest BCUT2D eigenvalue weighted by molar-refractivity contribution is -0.141. The number of hydrogen-bond acceptors (Lipinski definition) is 3. The predicted octanol–water partition coefficient (Wildman–Crippen LogP) is 4.65. The zero-order valence-electron chi connectivity index (χ0n) is 15.7. The summed E-state index contributed by atoms with van der Waals surface area (Å²) in [6, 6.07) is -0.279. The molecule has 2 aliphatic heterocycles. The number of carbonyl (C=O) groups is 1. The fourth-order valence-corrected chi connectivity index (χ4v) is 3.83. The van der Waals surface area contributed by atoms with Crippen molar-refractivity contribution in [3.63, 3.8) is 0 Å². The Kier molecular flexibility index (Phi) is 5.21. The van der Waals surface area contributed by atoms with Gasteiger partial charge in [-0.05, 0) is 19.3 Å². The Morgan fingerprint density at radius 1 is 1.38 bits per heavy atom. The van der Waals surface area contributed by atoms with E-state index in [1.807, 2.05) is 17.3 Å². The van der Waals surface area contributed by atoms with Crippen molar-refractivity contribution < 1.29 is 22.7 Å². The molecular weight excluding hydrogens is 385 g/mol. The highest BCUT2D eigenvalue weighted by atomic mass is 19.4. The van der Waals surface area contributed by atoms with Crippen molar-refractivity contribution in [2.75, 3.05) is 13.1 Å². The molecule has 0 radical (unpaired) electrons. The van der Waals surface area contributed by atoms with E-state index < -0.39 is 17.8 Å². The third-order valence-corrected chi connectivity index (χ3v) is 5.30. The molecule has 0 saturated carbocycles. The summed E-state index contributed by atoms with van der Waals surface area (Å²) < 4.78 is 44.9. The fraction of sp³-hybridized carbons (Fsp3) is 0.400. The second-order valence-electron chi connectivity index (χ2n) is 7.29. The summed E-state index contributed by atoms with van der Waals surface area (Å²) >= 11 is 0. The molecule has 3 heterocycles. The van der Waals surface area contributed by atoms with Crippen molar-refractivity contribution in [2.45, 2.75) is 37.8 Å². The lowest BCUT2D eigenvalue weighted by Gasteiger charge is -2.26. The molecule has 1 fully saturated rings. The number of rotatable bonds is 3. The summed E-state index contributed by atoms with van der Waals surface area (Å²) in [6.45, 7) is 0.599. The van der Waals surface area contributed by atoms with Crippen LogP contribution in [-0.4, -0.2) is 39.1 Å². The Labute approximate surface area is 166 Å². The van der Waals surface area contributed by atoms with Crippen LogP contribution in [0.1, 0.15) is 42.9 Å². The van der Waals surface area contributed by atoms with Crippen LogP contribution in [-0.2, 0) is 10.9 Å². The highest BCUT2D eigenvalue weighted by Crippen LogP contribution is 2.37. The Bertz CT molecular complexity index is 898. The zero-order chi connectivity index (χ0) is 20.4. The maximum absolute atomic E-state index is 13.1. The van der Waals surface area contributed by atoms with Gasteiger partial charge in [-0.2, -0.15) is 18.3 Å². The first-order chi connectivity index (χ1) is 13.9. The van der Waals surface area contributed by atoms with Gasteiger partial charge in [0, 0.05) is 37.2 Å². The molecule has 4 rings (SSSR count). The number of H-pyrrole nitrogens is 1. The van der Waals surface area contributed by atoms with E-state index in [2.05, 4.69) is 11.2 Å². The maximum atomic E-state index is 13.1. The first-order valence-corrected chi connectivity index (χ1v) is 9.48. The molecule has 1 atom stereocenters. The van der Waals surface area contributed by atoms with Crippen molar-refractivity contribution in [3.8, 4) is 0 Å². The molecule has 0 bridgehead atoms. The van der Waals surface area contributed by atoms with Gasteiger partial charge in [0.15, 0.2) is 0 Å². The molecule has 1 unspecified atom stereocenters. The normalized spacial score (nSPS) is 21.8. The number of alkyl halides is 3. The number of aromatic amines is 1. The van der Waals surface area contributed by atoms with Gasteiger partial charge in [-0.1, -0.05) is 23.8 Å². The number of nitrogens with one attached hydrogen (secondary N) is 1. The number of likely N-dealkylation sites (tertiary alicyclic amines) is 1.